The number of halogens is 1. The van der Waals surface area contributed by atoms with E-state index in [0.717, 1.165) is 24.2 Å². The number of benzene rings is 1. The summed E-state index contributed by atoms with van der Waals surface area (Å²) in [6, 6.07) is 8.87. The summed E-state index contributed by atoms with van der Waals surface area (Å²) >= 11 is 6.17. The van der Waals surface area contributed by atoms with Crippen LogP contribution in [0.3, 0.4) is 0 Å². The van der Waals surface area contributed by atoms with Crippen molar-refractivity contribution in [3.8, 4) is 0 Å². The molecule has 1 aliphatic heterocycles. The van der Waals surface area contributed by atoms with Crippen molar-refractivity contribution < 1.29 is 0 Å². The van der Waals surface area contributed by atoms with Crippen molar-refractivity contribution in [2.75, 3.05) is 20.1 Å². The lowest BCUT2D eigenvalue weighted by Gasteiger charge is -2.18. The van der Waals surface area contributed by atoms with E-state index in [0.29, 0.717) is 0 Å². The summed E-state index contributed by atoms with van der Waals surface area (Å²) in [7, 11) is 2.17. The molecule has 100 valence electrons. The second kappa shape index (κ2) is 7.13. The predicted molar refractivity (Wildman–Crippen MR) is 78.0 cm³/mol. The minimum atomic E-state index is 0.763. The number of rotatable bonds is 6. The largest absolute Gasteiger partial charge is 0.314 e. The minimum absolute atomic E-state index is 0.763. The molecule has 3 heteroatoms. The van der Waals surface area contributed by atoms with E-state index in [1.54, 1.807) is 0 Å². The van der Waals surface area contributed by atoms with Gasteiger partial charge in [0.15, 0.2) is 0 Å². The van der Waals surface area contributed by atoms with Gasteiger partial charge in [0.2, 0.25) is 0 Å². The van der Waals surface area contributed by atoms with Gasteiger partial charge < -0.3 is 10.2 Å². The molecule has 0 bridgehead atoms. The molecule has 18 heavy (non-hydrogen) atoms. The van der Waals surface area contributed by atoms with Gasteiger partial charge >= 0.3 is 0 Å². The molecule has 1 saturated heterocycles. The van der Waals surface area contributed by atoms with Crippen molar-refractivity contribution in [2.24, 2.45) is 0 Å². The molecule has 2 nitrogen and oxygen atoms in total. The Morgan fingerprint density at radius 1 is 1.39 bits per heavy atom. The van der Waals surface area contributed by atoms with Crippen LogP contribution in [0.4, 0.5) is 0 Å². The molecule has 0 saturated carbocycles. The summed E-state index contributed by atoms with van der Waals surface area (Å²) in [5.74, 6) is 0. The van der Waals surface area contributed by atoms with Gasteiger partial charge in [0, 0.05) is 17.6 Å². The van der Waals surface area contributed by atoms with E-state index in [4.69, 9.17) is 11.6 Å². The van der Waals surface area contributed by atoms with Crippen LogP contribution >= 0.6 is 11.6 Å². The van der Waals surface area contributed by atoms with E-state index in [2.05, 4.69) is 29.4 Å². The third-order valence-electron chi connectivity index (χ3n) is 3.65. The zero-order valence-corrected chi connectivity index (χ0v) is 11.9. The van der Waals surface area contributed by atoms with E-state index in [1.165, 1.54) is 37.8 Å². The van der Waals surface area contributed by atoms with Crippen LogP contribution in [0.5, 0.6) is 0 Å². The van der Waals surface area contributed by atoms with Gasteiger partial charge in [0.25, 0.3) is 0 Å². The molecule has 1 aromatic carbocycles. The number of nitrogens with zero attached hydrogens (tertiary/aromatic N) is 1. The summed E-state index contributed by atoms with van der Waals surface area (Å²) in [6.07, 6.45) is 5.26. The van der Waals surface area contributed by atoms with Gasteiger partial charge in [-0.25, -0.2) is 0 Å². The van der Waals surface area contributed by atoms with E-state index >= 15 is 0 Å². The normalized spacial score (nSPS) is 19.6. The lowest BCUT2D eigenvalue weighted by atomic mass is 10.1. The van der Waals surface area contributed by atoms with Gasteiger partial charge in [0.05, 0.1) is 0 Å². The number of nitrogens with one attached hydrogen (secondary N) is 1. The summed E-state index contributed by atoms with van der Waals surface area (Å²) < 4.78 is 0. The van der Waals surface area contributed by atoms with Gasteiger partial charge in [-0.2, -0.15) is 0 Å². The molecule has 1 aliphatic rings. The molecule has 1 aromatic rings. The van der Waals surface area contributed by atoms with E-state index in [-0.39, 0.29) is 0 Å². The molecule has 0 amide bonds. The average Bonchev–Trinajstić information content (AvgIpc) is 2.85. The molecule has 0 radical (unpaired) electrons. The quantitative estimate of drug-likeness (QED) is 0.850. The van der Waals surface area contributed by atoms with Crippen molar-refractivity contribution in [1.29, 1.82) is 0 Å². The van der Waals surface area contributed by atoms with Crippen LogP contribution in [0.2, 0.25) is 5.02 Å². The molecule has 1 fully saturated rings. The Morgan fingerprint density at radius 2 is 2.22 bits per heavy atom. The Labute approximate surface area is 115 Å². The second-order valence-electron chi connectivity index (χ2n) is 5.26. The molecule has 0 spiro atoms. The highest BCUT2D eigenvalue weighted by Gasteiger charge is 2.13. The summed E-state index contributed by atoms with van der Waals surface area (Å²) in [5, 5.41) is 4.43. The Kier molecular flexibility index (Phi) is 5.48. The van der Waals surface area contributed by atoms with Crippen molar-refractivity contribution in [1.82, 2.24) is 10.2 Å². The molecule has 1 heterocycles. The van der Waals surface area contributed by atoms with Gasteiger partial charge in [0.1, 0.15) is 0 Å². The van der Waals surface area contributed by atoms with Gasteiger partial charge in [-0.15, -0.1) is 0 Å². The fraction of sp³-hybridized carbons (Fsp3) is 0.600. The molecular weight excluding hydrogens is 244 g/mol. The third-order valence-corrected chi connectivity index (χ3v) is 4.02. The topological polar surface area (TPSA) is 15.3 Å². The summed E-state index contributed by atoms with van der Waals surface area (Å²) in [5.41, 5.74) is 1.22. The van der Waals surface area contributed by atoms with Crippen LogP contribution in [-0.4, -0.2) is 31.1 Å². The maximum atomic E-state index is 6.17. The van der Waals surface area contributed by atoms with Crippen molar-refractivity contribution >= 4 is 11.6 Å². The SMILES string of the molecule is CN(CCCC1CCCN1)Cc1ccccc1Cl. The standard InChI is InChI=1S/C15H23ClN2/c1-18(11-5-8-14-7-4-10-17-14)12-13-6-2-3-9-15(13)16/h2-3,6,9,14,17H,4-5,7-8,10-12H2,1H3. The van der Waals surface area contributed by atoms with Crippen molar-refractivity contribution in [3.05, 3.63) is 34.9 Å². The monoisotopic (exact) mass is 266 g/mol. The first kappa shape index (κ1) is 13.9. The number of hydrogen-bond donors (Lipinski definition) is 1. The zero-order chi connectivity index (χ0) is 12.8. The minimum Gasteiger partial charge on any atom is -0.314 e. The highest BCUT2D eigenvalue weighted by atomic mass is 35.5. The molecule has 0 aromatic heterocycles. The van der Waals surface area contributed by atoms with Gasteiger partial charge in [-0.1, -0.05) is 29.8 Å². The fourth-order valence-electron chi connectivity index (χ4n) is 2.61. The average molecular weight is 267 g/mol. The van der Waals surface area contributed by atoms with Crippen LogP contribution < -0.4 is 5.32 Å². The fourth-order valence-corrected chi connectivity index (χ4v) is 2.80. The van der Waals surface area contributed by atoms with E-state index in [9.17, 15) is 0 Å². The zero-order valence-electron chi connectivity index (χ0n) is 11.2. The van der Waals surface area contributed by atoms with Crippen LogP contribution in [0, 0.1) is 0 Å². The van der Waals surface area contributed by atoms with E-state index < -0.39 is 0 Å². The second-order valence-corrected chi connectivity index (χ2v) is 5.67. The maximum absolute atomic E-state index is 6.17. The van der Waals surface area contributed by atoms with Crippen LogP contribution in [0.25, 0.3) is 0 Å². The maximum Gasteiger partial charge on any atom is 0.0451 e. The van der Waals surface area contributed by atoms with Crippen LogP contribution in [-0.2, 0) is 6.54 Å². The first-order valence-electron chi connectivity index (χ1n) is 6.91. The molecular formula is C15H23ClN2. The highest BCUT2D eigenvalue weighted by Crippen LogP contribution is 2.17. The Morgan fingerprint density at radius 3 is 2.94 bits per heavy atom. The first-order chi connectivity index (χ1) is 8.75. The van der Waals surface area contributed by atoms with Crippen LogP contribution in [0.1, 0.15) is 31.2 Å². The van der Waals surface area contributed by atoms with Crippen molar-refractivity contribution in [2.45, 2.75) is 38.3 Å². The Hall–Kier alpha value is -0.570. The number of hydrogen-bond acceptors (Lipinski definition) is 2. The van der Waals surface area contributed by atoms with Crippen LogP contribution in [0.15, 0.2) is 24.3 Å². The first-order valence-corrected chi connectivity index (χ1v) is 7.29. The highest BCUT2D eigenvalue weighted by molar-refractivity contribution is 6.31. The Balaban J connectivity index is 1.68. The van der Waals surface area contributed by atoms with Gasteiger partial charge in [-0.05, 0) is 57.5 Å². The van der Waals surface area contributed by atoms with Crippen molar-refractivity contribution in [3.63, 3.8) is 0 Å². The molecule has 2 rings (SSSR count). The van der Waals surface area contributed by atoms with E-state index in [1.807, 2.05) is 12.1 Å². The molecule has 1 atom stereocenters. The lowest BCUT2D eigenvalue weighted by Crippen LogP contribution is -2.24. The smallest absolute Gasteiger partial charge is 0.0451 e. The lowest BCUT2D eigenvalue weighted by molar-refractivity contribution is 0.311. The Bertz CT molecular complexity index is 361. The third kappa shape index (κ3) is 4.27. The molecule has 1 N–H and O–H groups in total. The summed E-state index contributed by atoms with van der Waals surface area (Å²) in [4.78, 5) is 2.36. The summed E-state index contributed by atoms with van der Waals surface area (Å²) in [6.45, 7) is 3.29. The molecule has 1 unspecified atom stereocenters. The molecule has 0 aliphatic carbocycles. The predicted octanol–water partition coefficient (Wildman–Crippen LogP) is 3.30. The van der Waals surface area contributed by atoms with Gasteiger partial charge in [-0.3, -0.25) is 0 Å².